The van der Waals surface area contributed by atoms with Crippen molar-refractivity contribution < 1.29 is 8.78 Å². The largest absolute Gasteiger partial charge is 0.271 e. The number of aryl methyl sites for hydroxylation is 1. The van der Waals surface area contributed by atoms with Crippen molar-refractivity contribution in [3.8, 4) is 0 Å². The van der Waals surface area contributed by atoms with E-state index in [4.69, 9.17) is 5.84 Å². The minimum absolute atomic E-state index is 0.0518. The Morgan fingerprint density at radius 1 is 1.38 bits per heavy atom. The van der Waals surface area contributed by atoms with Crippen molar-refractivity contribution in [3.63, 3.8) is 0 Å². The third-order valence-electron chi connectivity index (χ3n) is 2.72. The van der Waals surface area contributed by atoms with Gasteiger partial charge < -0.3 is 0 Å². The highest BCUT2D eigenvalue weighted by Crippen LogP contribution is 2.26. The van der Waals surface area contributed by atoms with E-state index in [9.17, 15) is 8.78 Å². The number of benzene rings is 1. The summed E-state index contributed by atoms with van der Waals surface area (Å²) in [5.74, 6) is 4.31. The van der Waals surface area contributed by atoms with Crippen LogP contribution in [0.2, 0.25) is 0 Å². The monoisotopic (exact) mass is 228 g/mol. The van der Waals surface area contributed by atoms with Gasteiger partial charge in [0.05, 0.1) is 6.04 Å². The van der Waals surface area contributed by atoms with Crippen LogP contribution in [0, 0.1) is 18.6 Å². The maximum atomic E-state index is 13.8. The third kappa shape index (κ3) is 2.77. The Morgan fingerprint density at radius 2 is 2.06 bits per heavy atom. The lowest BCUT2D eigenvalue weighted by Gasteiger charge is -2.18. The van der Waals surface area contributed by atoms with Gasteiger partial charge in [-0.2, -0.15) is 0 Å². The molecule has 1 rings (SSSR count). The maximum absolute atomic E-state index is 13.8. The SMILES string of the molecule is CCCCC(NN)c1c(F)ccc(C)c1F. The highest BCUT2D eigenvalue weighted by Gasteiger charge is 2.19. The Hall–Kier alpha value is -1.00. The van der Waals surface area contributed by atoms with Crippen LogP contribution in [0.5, 0.6) is 0 Å². The number of unbranched alkanes of at least 4 members (excludes halogenated alkanes) is 1. The Bertz CT molecular complexity index is 353. The predicted molar refractivity (Wildman–Crippen MR) is 60.7 cm³/mol. The van der Waals surface area contributed by atoms with Gasteiger partial charge >= 0.3 is 0 Å². The van der Waals surface area contributed by atoms with Crippen molar-refractivity contribution in [1.29, 1.82) is 0 Å². The second-order valence-corrected chi connectivity index (χ2v) is 3.95. The standard InChI is InChI=1S/C12H18F2N2/c1-3-4-5-10(16-15)11-9(13)7-6-8(2)12(11)14/h6-7,10,16H,3-5,15H2,1-2H3. The zero-order valence-corrected chi connectivity index (χ0v) is 9.69. The second-order valence-electron chi connectivity index (χ2n) is 3.95. The number of nitrogens with two attached hydrogens (primary N) is 1. The van der Waals surface area contributed by atoms with Gasteiger partial charge in [0.15, 0.2) is 0 Å². The van der Waals surface area contributed by atoms with Crippen LogP contribution < -0.4 is 11.3 Å². The Labute approximate surface area is 94.8 Å². The first kappa shape index (κ1) is 13.1. The number of hydrogen-bond donors (Lipinski definition) is 2. The molecule has 4 heteroatoms. The minimum Gasteiger partial charge on any atom is -0.271 e. The molecule has 0 saturated carbocycles. The van der Waals surface area contributed by atoms with E-state index in [1.165, 1.54) is 12.1 Å². The predicted octanol–water partition coefficient (Wildman–Crippen LogP) is 2.97. The average Bonchev–Trinajstić information content (AvgIpc) is 2.28. The van der Waals surface area contributed by atoms with Gasteiger partial charge in [-0.3, -0.25) is 11.3 Å². The van der Waals surface area contributed by atoms with Crippen molar-refractivity contribution in [2.45, 2.75) is 39.2 Å². The normalized spacial score (nSPS) is 12.8. The third-order valence-corrected chi connectivity index (χ3v) is 2.72. The zero-order chi connectivity index (χ0) is 12.1. The molecule has 1 atom stereocenters. The lowest BCUT2D eigenvalue weighted by molar-refractivity contribution is 0.441. The molecule has 1 unspecified atom stereocenters. The van der Waals surface area contributed by atoms with Crippen LogP contribution >= 0.6 is 0 Å². The summed E-state index contributed by atoms with van der Waals surface area (Å²) in [5, 5.41) is 0. The van der Waals surface area contributed by atoms with Gasteiger partial charge in [-0.15, -0.1) is 0 Å². The average molecular weight is 228 g/mol. The van der Waals surface area contributed by atoms with Gasteiger partial charge in [-0.1, -0.05) is 25.8 Å². The maximum Gasteiger partial charge on any atom is 0.133 e. The molecular formula is C12H18F2N2. The first-order valence-electron chi connectivity index (χ1n) is 5.52. The van der Waals surface area contributed by atoms with Crippen LogP contribution in [0.4, 0.5) is 8.78 Å². The molecule has 0 aliphatic heterocycles. The molecule has 16 heavy (non-hydrogen) atoms. The summed E-state index contributed by atoms with van der Waals surface area (Å²) in [4.78, 5) is 0. The van der Waals surface area contributed by atoms with Gasteiger partial charge in [0.2, 0.25) is 0 Å². The van der Waals surface area contributed by atoms with E-state index in [-0.39, 0.29) is 5.56 Å². The first-order chi connectivity index (χ1) is 7.61. The van der Waals surface area contributed by atoms with Crippen molar-refractivity contribution in [3.05, 3.63) is 34.9 Å². The molecule has 0 aromatic heterocycles. The highest BCUT2D eigenvalue weighted by molar-refractivity contribution is 5.29. The molecule has 0 radical (unpaired) electrons. The lowest BCUT2D eigenvalue weighted by Crippen LogP contribution is -2.29. The number of nitrogens with one attached hydrogen (secondary N) is 1. The Morgan fingerprint density at radius 3 is 2.62 bits per heavy atom. The molecule has 0 aliphatic rings. The number of hydrogen-bond acceptors (Lipinski definition) is 2. The van der Waals surface area contributed by atoms with Crippen LogP contribution in [0.3, 0.4) is 0 Å². The van der Waals surface area contributed by atoms with Crippen LogP contribution in [-0.4, -0.2) is 0 Å². The number of hydrazine groups is 1. The van der Waals surface area contributed by atoms with E-state index in [1.807, 2.05) is 6.92 Å². The molecule has 0 bridgehead atoms. The summed E-state index contributed by atoms with van der Waals surface area (Å²) >= 11 is 0. The molecule has 90 valence electrons. The van der Waals surface area contributed by atoms with Crippen LogP contribution in [0.25, 0.3) is 0 Å². The van der Waals surface area contributed by atoms with E-state index in [1.54, 1.807) is 6.92 Å². The smallest absolute Gasteiger partial charge is 0.133 e. The zero-order valence-electron chi connectivity index (χ0n) is 9.69. The molecule has 1 aromatic rings. The Kier molecular flexibility index (Phi) is 4.83. The summed E-state index contributed by atoms with van der Waals surface area (Å²) in [6.07, 6.45) is 2.47. The molecule has 3 N–H and O–H groups in total. The van der Waals surface area contributed by atoms with E-state index in [2.05, 4.69) is 5.43 Å². The van der Waals surface area contributed by atoms with Gasteiger partial charge in [-0.25, -0.2) is 8.78 Å². The fourth-order valence-corrected chi connectivity index (χ4v) is 1.72. The van der Waals surface area contributed by atoms with Crippen LogP contribution in [0.1, 0.15) is 43.4 Å². The molecule has 0 heterocycles. The van der Waals surface area contributed by atoms with E-state index in [0.717, 1.165) is 12.8 Å². The second kappa shape index (κ2) is 5.92. The summed E-state index contributed by atoms with van der Waals surface area (Å²) in [6, 6.07) is 2.26. The molecule has 0 saturated heterocycles. The summed E-state index contributed by atoms with van der Waals surface area (Å²) < 4.78 is 27.4. The quantitative estimate of drug-likeness (QED) is 0.600. The number of rotatable bonds is 5. The minimum atomic E-state index is -0.540. The fraction of sp³-hybridized carbons (Fsp3) is 0.500. The van der Waals surface area contributed by atoms with Crippen LogP contribution in [-0.2, 0) is 0 Å². The highest BCUT2D eigenvalue weighted by atomic mass is 19.1. The van der Waals surface area contributed by atoms with E-state index >= 15 is 0 Å². The topological polar surface area (TPSA) is 38.0 Å². The molecule has 0 spiro atoms. The van der Waals surface area contributed by atoms with Crippen molar-refractivity contribution in [2.75, 3.05) is 0 Å². The lowest BCUT2D eigenvalue weighted by atomic mass is 9.98. The molecule has 2 nitrogen and oxygen atoms in total. The molecule has 0 amide bonds. The fourth-order valence-electron chi connectivity index (χ4n) is 1.72. The van der Waals surface area contributed by atoms with Crippen molar-refractivity contribution >= 4 is 0 Å². The van der Waals surface area contributed by atoms with Crippen LogP contribution in [0.15, 0.2) is 12.1 Å². The summed E-state index contributed by atoms with van der Waals surface area (Å²) in [7, 11) is 0. The molecular weight excluding hydrogens is 210 g/mol. The summed E-state index contributed by atoms with van der Waals surface area (Å²) in [5.41, 5.74) is 2.97. The first-order valence-corrected chi connectivity index (χ1v) is 5.52. The number of halogens is 2. The Balaban J connectivity index is 3.03. The van der Waals surface area contributed by atoms with Gasteiger partial charge in [-0.05, 0) is 25.0 Å². The van der Waals surface area contributed by atoms with Crippen molar-refractivity contribution in [1.82, 2.24) is 5.43 Å². The molecule has 1 aromatic carbocycles. The van der Waals surface area contributed by atoms with E-state index in [0.29, 0.717) is 12.0 Å². The van der Waals surface area contributed by atoms with E-state index < -0.39 is 17.7 Å². The van der Waals surface area contributed by atoms with Gasteiger partial charge in [0.25, 0.3) is 0 Å². The molecule has 0 aliphatic carbocycles. The van der Waals surface area contributed by atoms with Gasteiger partial charge in [0.1, 0.15) is 11.6 Å². The van der Waals surface area contributed by atoms with Crippen molar-refractivity contribution in [2.24, 2.45) is 5.84 Å². The van der Waals surface area contributed by atoms with Gasteiger partial charge in [0, 0.05) is 5.56 Å². The summed E-state index contributed by atoms with van der Waals surface area (Å²) in [6.45, 7) is 3.64. The molecule has 0 fully saturated rings.